The Kier molecular flexibility index (Phi) is 3.79. The van der Waals surface area contributed by atoms with Crippen LogP contribution < -0.4 is 5.73 Å². The third-order valence-electron chi connectivity index (χ3n) is 2.29. The van der Waals surface area contributed by atoms with Crippen LogP contribution in [0.1, 0.15) is 0 Å². The Balaban J connectivity index is 2.22. The Morgan fingerprint density at radius 1 is 1.50 bits per heavy atom. The summed E-state index contributed by atoms with van der Waals surface area (Å²) in [6.07, 6.45) is 2.87. The maximum absolute atomic E-state index is 11.1. The molecule has 0 saturated heterocycles. The van der Waals surface area contributed by atoms with Crippen molar-refractivity contribution in [2.75, 3.05) is 17.7 Å². The normalized spacial score (nSPS) is 11.9. The minimum atomic E-state index is -2.99. The van der Waals surface area contributed by atoms with Crippen LogP contribution in [0.2, 0.25) is 0 Å². The molecule has 0 fully saturated rings. The van der Waals surface area contributed by atoms with Crippen molar-refractivity contribution in [1.29, 1.82) is 0 Å². The number of aryl methyl sites for hydroxylation is 1. The topological polar surface area (TPSA) is 78.0 Å². The highest BCUT2D eigenvalue weighted by molar-refractivity contribution is 9.11. The summed E-state index contributed by atoms with van der Waals surface area (Å²) in [5.74, 6) is 0.0572. The molecule has 0 aliphatic rings. The minimum absolute atomic E-state index is 0.0572. The van der Waals surface area contributed by atoms with Gasteiger partial charge in [-0.25, -0.2) is 8.42 Å². The molecule has 2 heterocycles. The summed E-state index contributed by atoms with van der Waals surface area (Å²) in [7, 11) is -2.99. The third kappa shape index (κ3) is 3.33. The molecule has 18 heavy (non-hydrogen) atoms. The number of aromatic nitrogens is 2. The van der Waals surface area contributed by atoms with E-state index in [0.29, 0.717) is 17.9 Å². The van der Waals surface area contributed by atoms with Gasteiger partial charge in [-0.3, -0.25) is 4.68 Å². The number of hydrogen-bond donors (Lipinski definition) is 1. The van der Waals surface area contributed by atoms with E-state index < -0.39 is 9.84 Å². The van der Waals surface area contributed by atoms with Gasteiger partial charge in [0.25, 0.3) is 0 Å². The summed E-state index contributed by atoms with van der Waals surface area (Å²) in [4.78, 5) is 0.956. The molecule has 98 valence electrons. The van der Waals surface area contributed by atoms with Crippen molar-refractivity contribution in [3.63, 3.8) is 0 Å². The molecule has 0 aliphatic carbocycles. The zero-order valence-corrected chi connectivity index (χ0v) is 12.8. The number of anilines is 1. The summed E-state index contributed by atoms with van der Waals surface area (Å²) in [6, 6.07) is 3.85. The summed E-state index contributed by atoms with van der Waals surface area (Å²) in [5, 5.41) is 4.31. The summed E-state index contributed by atoms with van der Waals surface area (Å²) >= 11 is 4.92. The fourth-order valence-corrected chi connectivity index (χ4v) is 3.36. The van der Waals surface area contributed by atoms with Crippen LogP contribution in [0.25, 0.3) is 10.6 Å². The Morgan fingerprint density at radius 2 is 2.22 bits per heavy atom. The largest absolute Gasteiger partial charge is 0.396 e. The number of rotatable bonds is 4. The first-order valence-electron chi connectivity index (χ1n) is 5.11. The van der Waals surface area contributed by atoms with E-state index in [-0.39, 0.29) is 5.75 Å². The summed E-state index contributed by atoms with van der Waals surface area (Å²) in [5.41, 5.74) is 7.13. The molecule has 0 radical (unpaired) electrons. The molecular formula is C10H12BrN3O2S2. The van der Waals surface area contributed by atoms with Crippen molar-refractivity contribution in [2.24, 2.45) is 0 Å². The van der Waals surface area contributed by atoms with E-state index in [1.165, 1.54) is 17.6 Å². The van der Waals surface area contributed by atoms with Gasteiger partial charge in [0.2, 0.25) is 0 Å². The van der Waals surface area contributed by atoms with Gasteiger partial charge in [0.05, 0.1) is 26.6 Å². The lowest BCUT2D eigenvalue weighted by Gasteiger charge is -1.98. The van der Waals surface area contributed by atoms with E-state index in [2.05, 4.69) is 21.0 Å². The second-order valence-corrected chi connectivity index (χ2v) is 8.65. The fourth-order valence-electron chi connectivity index (χ4n) is 1.44. The maximum atomic E-state index is 11.1. The lowest BCUT2D eigenvalue weighted by atomic mass is 10.3. The van der Waals surface area contributed by atoms with Gasteiger partial charge in [-0.15, -0.1) is 11.3 Å². The predicted molar refractivity (Wildman–Crippen MR) is 77.4 cm³/mol. The van der Waals surface area contributed by atoms with Crippen LogP contribution in [0.3, 0.4) is 0 Å². The van der Waals surface area contributed by atoms with E-state index in [0.717, 1.165) is 8.66 Å². The molecule has 0 aromatic carbocycles. The quantitative estimate of drug-likeness (QED) is 0.915. The first kappa shape index (κ1) is 13.6. The van der Waals surface area contributed by atoms with E-state index in [1.54, 1.807) is 10.9 Å². The average Bonchev–Trinajstić information content (AvgIpc) is 2.81. The van der Waals surface area contributed by atoms with E-state index in [9.17, 15) is 8.42 Å². The molecule has 0 amide bonds. The molecule has 5 nitrogen and oxygen atoms in total. The molecule has 2 aromatic rings. The summed E-state index contributed by atoms with van der Waals surface area (Å²) < 4.78 is 24.8. The van der Waals surface area contributed by atoms with Gasteiger partial charge < -0.3 is 5.73 Å². The van der Waals surface area contributed by atoms with Crippen LogP contribution >= 0.6 is 27.3 Å². The molecule has 0 aliphatic heterocycles. The van der Waals surface area contributed by atoms with Crippen LogP contribution in [-0.4, -0.2) is 30.2 Å². The third-order valence-corrected chi connectivity index (χ3v) is 4.84. The molecular weight excluding hydrogens is 338 g/mol. The van der Waals surface area contributed by atoms with Crippen LogP contribution in [0.5, 0.6) is 0 Å². The molecule has 2 aromatic heterocycles. The summed E-state index contributed by atoms with van der Waals surface area (Å²) in [6.45, 7) is 0.315. The molecule has 0 saturated carbocycles. The first-order chi connectivity index (χ1) is 8.35. The highest BCUT2D eigenvalue weighted by Gasteiger charge is 2.11. The maximum Gasteiger partial charge on any atom is 0.149 e. The average molecular weight is 350 g/mol. The lowest BCUT2D eigenvalue weighted by Crippen LogP contribution is -2.11. The molecule has 0 atom stereocenters. The number of halogens is 1. The first-order valence-corrected chi connectivity index (χ1v) is 8.78. The van der Waals surface area contributed by atoms with Gasteiger partial charge in [0.15, 0.2) is 0 Å². The Hall–Kier alpha value is -0.860. The molecule has 0 spiro atoms. The zero-order chi connectivity index (χ0) is 13.3. The standard InChI is InChI=1S/C10H12BrN3O2S2/c1-18(15,16)5-4-14-6-7(12)10(13-14)8-2-3-9(11)17-8/h2-3,6H,4-5,12H2,1H3. The molecule has 8 heteroatoms. The number of nitrogens with two attached hydrogens (primary N) is 1. The zero-order valence-electron chi connectivity index (χ0n) is 9.63. The monoisotopic (exact) mass is 349 g/mol. The van der Waals surface area contributed by atoms with E-state index >= 15 is 0 Å². The van der Waals surface area contributed by atoms with Crippen molar-refractivity contribution in [2.45, 2.75) is 6.54 Å². The number of nitrogen functional groups attached to an aromatic ring is 1. The van der Waals surface area contributed by atoms with Gasteiger partial charge >= 0.3 is 0 Å². The van der Waals surface area contributed by atoms with Gasteiger partial charge in [0.1, 0.15) is 15.5 Å². The minimum Gasteiger partial charge on any atom is -0.396 e. The van der Waals surface area contributed by atoms with Crippen LogP contribution in [0, 0.1) is 0 Å². The number of thiophene rings is 1. The van der Waals surface area contributed by atoms with Crippen molar-refractivity contribution in [3.05, 3.63) is 22.1 Å². The van der Waals surface area contributed by atoms with Crippen molar-refractivity contribution in [3.8, 4) is 10.6 Å². The van der Waals surface area contributed by atoms with Gasteiger partial charge in [0, 0.05) is 12.5 Å². The van der Waals surface area contributed by atoms with Gasteiger partial charge in [-0.1, -0.05) is 0 Å². The SMILES string of the molecule is CS(=O)(=O)CCn1cc(N)c(-c2ccc(Br)s2)n1. The van der Waals surface area contributed by atoms with Crippen LogP contribution in [0.4, 0.5) is 5.69 Å². The Labute approximate surface area is 118 Å². The lowest BCUT2D eigenvalue weighted by molar-refractivity contribution is 0.586. The van der Waals surface area contributed by atoms with Crippen molar-refractivity contribution >= 4 is 42.8 Å². The fraction of sp³-hybridized carbons (Fsp3) is 0.300. The smallest absolute Gasteiger partial charge is 0.149 e. The van der Waals surface area contributed by atoms with Gasteiger partial charge in [-0.2, -0.15) is 5.10 Å². The number of nitrogens with zero attached hydrogens (tertiary/aromatic N) is 2. The van der Waals surface area contributed by atoms with Crippen molar-refractivity contribution < 1.29 is 8.42 Å². The van der Waals surface area contributed by atoms with Crippen LogP contribution in [-0.2, 0) is 16.4 Å². The van der Waals surface area contributed by atoms with Gasteiger partial charge in [-0.05, 0) is 28.1 Å². The number of sulfone groups is 1. The molecule has 0 bridgehead atoms. The molecule has 0 unspecified atom stereocenters. The van der Waals surface area contributed by atoms with E-state index in [1.807, 2.05) is 12.1 Å². The van der Waals surface area contributed by atoms with Crippen LogP contribution in [0.15, 0.2) is 22.1 Å². The highest BCUT2D eigenvalue weighted by Crippen LogP contribution is 2.33. The van der Waals surface area contributed by atoms with Crippen molar-refractivity contribution in [1.82, 2.24) is 9.78 Å². The molecule has 2 N–H and O–H groups in total. The highest BCUT2D eigenvalue weighted by atomic mass is 79.9. The second kappa shape index (κ2) is 5.02. The molecule has 2 rings (SSSR count). The predicted octanol–water partition coefficient (Wildman–Crippen LogP) is 2.00. The van der Waals surface area contributed by atoms with E-state index in [4.69, 9.17) is 5.73 Å². The Morgan fingerprint density at radius 3 is 2.78 bits per heavy atom. The second-order valence-electron chi connectivity index (χ2n) is 3.93. The number of hydrogen-bond acceptors (Lipinski definition) is 5. The Bertz CT molecular complexity index is 660.